The zero-order chi connectivity index (χ0) is 24.5. The number of esters is 1. The van der Waals surface area contributed by atoms with Crippen LogP contribution in [0, 0.1) is 0 Å². The molecule has 2 aromatic carbocycles. The van der Waals surface area contributed by atoms with Gasteiger partial charge in [0.25, 0.3) is 0 Å². The molecular formula is C24H22Cl2N2O4S2. The van der Waals surface area contributed by atoms with Crippen molar-refractivity contribution in [2.75, 3.05) is 18.5 Å². The van der Waals surface area contributed by atoms with Gasteiger partial charge in [-0.05, 0) is 55.4 Å². The third-order valence-electron chi connectivity index (χ3n) is 4.47. The molecule has 0 atom stereocenters. The molecule has 3 aromatic rings. The number of anilines is 1. The fourth-order valence-corrected chi connectivity index (χ4v) is 4.72. The lowest BCUT2D eigenvalue weighted by Gasteiger charge is -2.10. The zero-order valence-electron chi connectivity index (χ0n) is 18.2. The first-order valence-electron chi connectivity index (χ1n) is 10.4. The molecule has 6 nitrogen and oxygen atoms in total. The normalized spacial score (nSPS) is 10.4. The van der Waals surface area contributed by atoms with E-state index in [0.29, 0.717) is 39.4 Å². The van der Waals surface area contributed by atoms with E-state index in [0.717, 1.165) is 10.4 Å². The molecule has 0 spiro atoms. The smallest absolute Gasteiger partial charge is 0.341 e. The molecule has 0 saturated carbocycles. The molecule has 0 unspecified atom stereocenters. The molecule has 0 fully saturated rings. The molecule has 10 heteroatoms. The Bertz CT molecular complexity index is 1170. The summed E-state index contributed by atoms with van der Waals surface area (Å²) in [4.78, 5) is 25.6. The number of ether oxygens (including phenoxy) is 2. The summed E-state index contributed by atoms with van der Waals surface area (Å²) in [5.74, 6) is -0.238. The van der Waals surface area contributed by atoms with Gasteiger partial charge in [-0.1, -0.05) is 53.5 Å². The van der Waals surface area contributed by atoms with Crippen LogP contribution in [0.1, 0.15) is 30.1 Å². The van der Waals surface area contributed by atoms with Gasteiger partial charge < -0.3 is 20.1 Å². The summed E-state index contributed by atoms with van der Waals surface area (Å²) in [5, 5.41) is 7.11. The molecule has 1 aromatic heterocycles. The van der Waals surface area contributed by atoms with E-state index in [4.69, 9.17) is 44.9 Å². The van der Waals surface area contributed by atoms with Crippen molar-refractivity contribution in [3.05, 3.63) is 70.2 Å². The molecule has 178 valence electrons. The first-order valence-corrected chi connectivity index (χ1v) is 12.4. The number of thiocarbonyl (C=S) groups is 1. The number of rotatable bonds is 9. The van der Waals surface area contributed by atoms with Crippen LogP contribution >= 0.6 is 46.8 Å². The van der Waals surface area contributed by atoms with E-state index < -0.39 is 5.97 Å². The van der Waals surface area contributed by atoms with Gasteiger partial charge in [-0.3, -0.25) is 4.79 Å². The van der Waals surface area contributed by atoms with E-state index in [-0.39, 0.29) is 24.0 Å². The van der Waals surface area contributed by atoms with Gasteiger partial charge >= 0.3 is 5.97 Å². The molecule has 0 aliphatic rings. The first-order chi connectivity index (χ1) is 16.4. The summed E-state index contributed by atoms with van der Waals surface area (Å²) in [6.07, 6.45) is 0.649. The predicted molar refractivity (Wildman–Crippen MR) is 141 cm³/mol. The van der Waals surface area contributed by atoms with E-state index in [9.17, 15) is 9.59 Å². The van der Waals surface area contributed by atoms with Gasteiger partial charge in [0.05, 0.1) is 23.8 Å². The average molecular weight is 537 g/mol. The maximum absolute atomic E-state index is 12.4. The highest BCUT2D eigenvalue weighted by Crippen LogP contribution is 2.36. The molecule has 1 amide bonds. The molecule has 3 rings (SSSR count). The summed E-state index contributed by atoms with van der Waals surface area (Å²) in [5.41, 5.74) is 1.32. The Morgan fingerprint density at radius 3 is 2.56 bits per heavy atom. The van der Waals surface area contributed by atoms with E-state index in [2.05, 4.69) is 10.6 Å². The SMILES string of the molecule is CCOC(=O)c1cc(-c2ccccc2)sc1NC(=S)NC(=O)CCCOc1ccc(Cl)cc1Cl. The standard InChI is InChI=1S/C24H22Cl2N2O4S2/c1-2-31-23(30)17-14-20(15-7-4-3-5-8-15)34-22(17)28-24(33)27-21(29)9-6-12-32-19-11-10-16(25)13-18(19)26/h3-5,7-8,10-11,13-14H,2,6,9,12H2,1H3,(H2,27,28,29,33). The van der Waals surface area contributed by atoms with Crippen LogP contribution in [-0.4, -0.2) is 30.2 Å². The minimum atomic E-state index is -0.462. The maximum atomic E-state index is 12.4. The number of thiophene rings is 1. The van der Waals surface area contributed by atoms with Crippen LogP contribution in [-0.2, 0) is 9.53 Å². The molecule has 0 aliphatic carbocycles. The second-order valence-electron chi connectivity index (χ2n) is 6.97. The molecule has 1 heterocycles. The van der Waals surface area contributed by atoms with Gasteiger partial charge in [-0.15, -0.1) is 11.3 Å². The Hall–Kier alpha value is -2.65. The van der Waals surface area contributed by atoms with Crippen LogP contribution in [0.15, 0.2) is 54.6 Å². The average Bonchev–Trinajstić information content (AvgIpc) is 3.22. The third-order valence-corrected chi connectivity index (χ3v) is 6.30. The Morgan fingerprint density at radius 2 is 1.85 bits per heavy atom. The number of carbonyl (C=O) groups excluding carboxylic acids is 2. The lowest BCUT2D eigenvalue weighted by atomic mass is 10.1. The summed E-state index contributed by atoms with van der Waals surface area (Å²) in [7, 11) is 0. The molecule has 0 saturated heterocycles. The number of carbonyl (C=O) groups is 2. The number of hydrogen-bond acceptors (Lipinski definition) is 6. The van der Waals surface area contributed by atoms with E-state index in [1.165, 1.54) is 11.3 Å². The second kappa shape index (κ2) is 12.7. The van der Waals surface area contributed by atoms with Crippen LogP contribution in [0.5, 0.6) is 5.75 Å². The van der Waals surface area contributed by atoms with Gasteiger partial charge in [0.2, 0.25) is 5.91 Å². The predicted octanol–water partition coefficient (Wildman–Crippen LogP) is 6.57. The van der Waals surface area contributed by atoms with Crippen LogP contribution in [0.3, 0.4) is 0 Å². The summed E-state index contributed by atoms with van der Waals surface area (Å²) in [6.45, 7) is 2.29. The molecule has 34 heavy (non-hydrogen) atoms. The second-order valence-corrected chi connectivity index (χ2v) is 9.27. The highest BCUT2D eigenvalue weighted by molar-refractivity contribution is 7.80. The van der Waals surface area contributed by atoms with Crippen molar-refractivity contribution in [2.24, 2.45) is 0 Å². The molecule has 0 aliphatic heterocycles. The molecule has 0 bridgehead atoms. The number of benzene rings is 2. The van der Waals surface area contributed by atoms with Gasteiger partial charge in [-0.2, -0.15) is 0 Å². The van der Waals surface area contributed by atoms with Crippen molar-refractivity contribution >= 4 is 68.7 Å². The van der Waals surface area contributed by atoms with Crippen LogP contribution in [0.4, 0.5) is 5.00 Å². The molecule has 2 N–H and O–H groups in total. The van der Waals surface area contributed by atoms with Crippen molar-refractivity contribution in [1.82, 2.24) is 5.32 Å². The van der Waals surface area contributed by atoms with Crippen molar-refractivity contribution in [3.8, 4) is 16.2 Å². The third kappa shape index (κ3) is 7.43. The van der Waals surface area contributed by atoms with E-state index >= 15 is 0 Å². The lowest BCUT2D eigenvalue weighted by molar-refractivity contribution is -0.119. The maximum Gasteiger partial charge on any atom is 0.341 e. The van der Waals surface area contributed by atoms with E-state index in [1.54, 1.807) is 31.2 Å². The molecule has 0 radical (unpaired) electrons. The Kier molecular flexibility index (Phi) is 9.71. The summed E-state index contributed by atoms with van der Waals surface area (Å²) in [6, 6.07) is 16.4. The van der Waals surface area contributed by atoms with Gasteiger partial charge in [-0.25, -0.2) is 4.79 Å². The largest absolute Gasteiger partial charge is 0.492 e. The van der Waals surface area contributed by atoms with Crippen molar-refractivity contribution < 1.29 is 19.1 Å². The topological polar surface area (TPSA) is 76.7 Å². The highest BCUT2D eigenvalue weighted by Gasteiger charge is 2.19. The fourth-order valence-electron chi connectivity index (χ4n) is 2.92. The number of amides is 1. The fraction of sp³-hybridized carbons (Fsp3) is 0.208. The monoisotopic (exact) mass is 536 g/mol. The minimum absolute atomic E-state index is 0.0960. The van der Waals surface area contributed by atoms with Crippen molar-refractivity contribution in [1.29, 1.82) is 0 Å². The van der Waals surface area contributed by atoms with Crippen LogP contribution in [0.2, 0.25) is 10.0 Å². The quantitative estimate of drug-likeness (QED) is 0.183. The molecular weight excluding hydrogens is 515 g/mol. The van der Waals surface area contributed by atoms with E-state index in [1.807, 2.05) is 30.3 Å². The Balaban J connectivity index is 1.55. The van der Waals surface area contributed by atoms with Gasteiger partial charge in [0.15, 0.2) is 5.11 Å². The number of nitrogens with one attached hydrogen (secondary N) is 2. The highest BCUT2D eigenvalue weighted by atomic mass is 35.5. The van der Waals surface area contributed by atoms with Crippen LogP contribution in [0.25, 0.3) is 10.4 Å². The van der Waals surface area contributed by atoms with Crippen molar-refractivity contribution in [3.63, 3.8) is 0 Å². The Morgan fingerprint density at radius 1 is 1.09 bits per heavy atom. The summed E-state index contributed by atoms with van der Waals surface area (Å²) < 4.78 is 10.7. The van der Waals surface area contributed by atoms with Crippen molar-refractivity contribution in [2.45, 2.75) is 19.8 Å². The number of hydrogen-bond donors (Lipinski definition) is 2. The first kappa shape index (κ1) is 26.0. The lowest BCUT2D eigenvalue weighted by Crippen LogP contribution is -2.34. The number of halogens is 2. The zero-order valence-corrected chi connectivity index (χ0v) is 21.4. The van der Waals surface area contributed by atoms with Crippen LogP contribution < -0.4 is 15.4 Å². The van der Waals surface area contributed by atoms with Gasteiger partial charge in [0, 0.05) is 16.3 Å². The van der Waals surface area contributed by atoms with Gasteiger partial charge in [0.1, 0.15) is 10.8 Å². The summed E-state index contributed by atoms with van der Waals surface area (Å²) >= 11 is 18.6. The minimum Gasteiger partial charge on any atom is -0.492 e. The Labute approximate surface area is 217 Å².